The van der Waals surface area contributed by atoms with Crippen molar-refractivity contribution in [2.75, 3.05) is 26.6 Å². The molecule has 10 nitrogen and oxygen atoms in total. The van der Waals surface area contributed by atoms with Crippen molar-refractivity contribution in [1.82, 2.24) is 29.3 Å². The monoisotopic (exact) mass is 457 g/mol. The summed E-state index contributed by atoms with van der Waals surface area (Å²) in [5, 5.41) is 8.55. The van der Waals surface area contributed by atoms with E-state index < -0.39 is 0 Å². The fourth-order valence-electron chi connectivity index (χ4n) is 3.37. The van der Waals surface area contributed by atoms with Crippen LogP contribution < -0.4 is 19.5 Å². The molecule has 0 saturated carbocycles. The third-order valence-electron chi connectivity index (χ3n) is 4.78. The van der Waals surface area contributed by atoms with Gasteiger partial charge in [-0.25, -0.2) is 9.67 Å². The number of hydrogen-bond donors (Lipinski definition) is 1. The number of hydrogen-bond acceptors (Lipinski definition) is 8. The molecular formula is C21H24ClN7O3. The first-order valence-electron chi connectivity index (χ1n) is 9.94. The molecule has 0 aliphatic rings. The number of methoxy groups -OCH3 is 3. The first kappa shape index (κ1) is 21.7. The number of ether oxygens (including phenoxy) is 3. The molecule has 0 bridgehead atoms. The number of nitrogens with one attached hydrogen (secondary N) is 1. The Hall–Kier alpha value is -3.53. The molecule has 0 aliphatic carbocycles. The molecule has 11 heteroatoms. The normalized spacial score (nSPS) is 11.2. The highest BCUT2D eigenvalue weighted by Gasteiger charge is 2.16. The number of nitrogens with zero attached hydrogens (tertiary/aromatic N) is 6. The van der Waals surface area contributed by atoms with Crippen LogP contribution in [-0.2, 0) is 6.54 Å². The molecule has 4 rings (SSSR count). The summed E-state index contributed by atoms with van der Waals surface area (Å²) >= 11 is 6.18. The maximum Gasteiger partial charge on any atom is 0.226 e. The first-order valence-corrected chi connectivity index (χ1v) is 10.3. The third kappa shape index (κ3) is 4.13. The lowest BCUT2D eigenvalue weighted by atomic mass is 10.2. The highest BCUT2D eigenvalue weighted by atomic mass is 35.5. The van der Waals surface area contributed by atoms with Gasteiger partial charge in [0.05, 0.1) is 44.8 Å². The summed E-state index contributed by atoms with van der Waals surface area (Å²) in [5.74, 6) is 3.14. The average molecular weight is 458 g/mol. The SMILES string of the molecule is COc1cc(-n2cnc(Nc3nc(Cl)nc4c3cnn4CC(C)C)c2)cc(OC)c1OC. The van der Waals surface area contributed by atoms with Gasteiger partial charge in [-0.3, -0.25) is 0 Å². The van der Waals surface area contributed by atoms with Gasteiger partial charge < -0.3 is 24.1 Å². The molecule has 0 atom stereocenters. The number of benzene rings is 1. The minimum Gasteiger partial charge on any atom is -0.493 e. The Kier molecular flexibility index (Phi) is 6.04. The van der Waals surface area contributed by atoms with Crippen molar-refractivity contribution in [1.29, 1.82) is 0 Å². The molecule has 0 fully saturated rings. The number of anilines is 2. The molecule has 0 spiro atoms. The van der Waals surface area contributed by atoms with Gasteiger partial charge in [0.2, 0.25) is 11.0 Å². The average Bonchev–Trinajstić information content (AvgIpc) is 3.39. The van der Waals surface area contributed by atoms with E-state index in [1.54, 1.807) is 33.9 Å². The van der Waals surface area contributed by atoms with Crippen molar-refractivity contribution >= 4 is 34.3 Å². The molecule has 32 heavy (non-hydrogen) atoms. The van der Waals surface area contributed by atoms with Gasteiger partial charge in [0.1, 0.15) is 18.0 Å². The Balaban J connectivity index is 1.67. The molecule has 0 radical (unpaired) electrons. The summed E-state index contributed by atoms with van der Waals surface area (Å²) in [7, 11) is 4.72. The molecule has 1 N–H and O–H groups in total. The van der Waals surface area contributed by atoms with Gasteiger partial charge in [0.15, 0.2) is 17.1 Å². The predicted molar refractivity (Wildman–Crippen MR) is 122 cm³/mol. The van der Waals surface area contributed by atoms with Crippen LogP contribution in [0.3, 0.4) is 0 Å². The maximum atomic E-state index is 6.18. The van der Waals surface area contributed by atoms with Gasteiger partial charge in [-0.2, -0.15) is 15.1 Å². The van der Waals surface area contributed by atoms with E-state index in [4.69, 9.17) is 25.8 Å². The van der Waals surface area contributed by atoms with Crippen molar-refractivity contribution in [3.8, 4) is 22.9 Å². The summed E-state index contributed by atoms with van der Waals surface area (Å²) in [6.45, 7) is 4.96. The molecule has 168 valence electrons. The number of halogens is 1. The molecule has 0 aliphatic heterocycles. The summed E-state index contributed by atoms with van der Waals surface area (Å²) in [6.07, 6.45) is 5.22. The first-order chi connectivity index (χ1) is 15.4. The molecule has 4 aromatic rings. The molecule has 0 amide bonds. The predicted octanol–water partition coefficient (Wildman–Crippen LogP) is 4.09. The van der Waals surface area contributed by atoms with Crippen LogP contribution in [0.25, 0.3) is 16.7 Å². The number of fused-ring (bicyclic) bond motifs is 1. The smallest absolute Gasteiger partial charge is 0.226 e. The summed E-state index contributed by atoms with van der Waals surface area (Å²) < 4.78 is 19.9. The van der Waals surface area contributed by atoms with Gasteiger partial charge in [0, 0.05) is 18.7 Å². The summed E-state index contributed by atoms with van der Waals surface area (Å²) in [6, 6.07) is 3.67. The standard InChI is InChI=1S/C21H24ClN7O3/c1-12(2)9-29-20-14(8-24-29)19(26-21(22)27-20)25-17-10-28(11-23-17)13-6-15(30-3)18(32-5)16(7-13)31-4/h6-8,10-12H,9H2,1-5H3,(H,25,26,27). The van der Waals surface area contributed by atoms with Gasteiger partial charge in [-0.15, -0.1) is 0 Å². The van der Waals surface area contributed by atoms with Crippen molar-refractivity contribution in [3.05, 3.63) is 36.1 Å². The van der Waals surface area contributed by atoms with Crippen molar-refractivity contribution in [2.45, 2.75) is 20.4 Å². The zero-order valence-corrected chi connectivity index (χ0v) is 19.2. The van der Waals surface area contributed by atoms with Crippen molar-refractivity contribution < 1.29 is 14.2 Å². The van der Waals surface area contributed by atoms with Crippen molar-refractivity contribution in [2.24, 2.45) is 5.92 Å². The van der Waals surface area contributed by atoms with Crippen LogP contribution in [0.15, 0.2) is 30.9 Å². The maximum absolute atomic E-state index is 6.18. The highest BCUT2D eigenvalue weighted by molar-refractivity contribution is 6.28. The van der Waals surface area contributed by atoms with Crippen LogP contribution in [0.4, 0.5) is 11.6 Å². The topological polar surface area (TPSA) is 101 Å². The van der Waals surface area contributed by atoms with E-state index in [0.29, 0.717) is 40.4 Å². The lowest BCUT2D eigenvalue weighted by molar-refractivity contribution is 0.324. The summed E-state index contributed by atoms with van der Waals surface area (Å²) in [4.78, 5) is 13.1. The quantitative estimate of drug-likeness (QED) is 0.395. The Labute approximate surface area is 190 Å². The van der Waals surface area contributed by atoms with Crippen molar-refractivity contribution in [3.63, 3.8) is 0 Å². The second-order valence-electron chi connectivity index (χ2n) is 7.47. The Morgan fingerprint density at radius 1 is 1.06 bits per heavy atom. The van der Waals surface area contributed by atoms with E-state index in [2.05, 4.69) is 39.2 Å². The molecule has 3 aromatic heterocycles. The Morgan fingerprint density at radius 3 is 2.41 bits per heavy atom. The van der Waals surface area contributed by atoms with E-state index in [0.717, 1.165) is 17.6 Å². The second-order valence-corrected chi connectivity index (χ2v) is 7.81. The summed E-state index contributed by atoms with van der Waals surface area (Å²) in [5.41, 5.74) is 1.46. The molecular weight excluding hydrogens is 434 g/mol. The largest absolute Gasteiger partial charge is 0.493 e. The zero-order chi connectivity index (χ0) is 22.8. The van der Waals surface area contributed by atoms with E-state index >= 15 is 0 Å². The minimum atomic E-state index is 0.134. The molecule has 3 heterocycles. The number of imidazole rings is 1. The molecule has 0 unspecified atom stereocenters. The fourth-order valence-corrected chi connectivity index (χ4v) is 3.53. The van der Waals surface area contributed by atoms with Gasteiger partial charge in [0.25, 0.3) is 0 Å². The fraction of sp³-hybridized carbons (Fsp3) is 0.333. The number of rotatable bonds is 8. The van der Waals surface area contributed by atoms with Crippen LogP contribution in [0.1, 0.15) is 13.8 Å². The van der Waals surface area contributed by atoms with E-state index in [-0.39, 0.29) is 5.28 Å². The van der Waals surface area contributed by atoms with E-state index in [9.17, 15) is 0 Å². The van der Waals surface area contributed by atoms with Gasteiger partial charge in [-0.1, -0.05) is 13.8 Å². The Morgan fingerprint density at radius 2 is 1.78 bits per heavy atom. The van der Waals surface area contributed by atoms with E-state index in [1.807, 2.05) is 27.6 Å². The van der Waals surface area contributed by atoms with Crippen LogP contribution in [-0.4, -0.2) is 50.6 Å². The van der Waals surface area contributed by atoms with Crippen LogP contribution >= 0.6 is 11.6 Å². The zero-order valence-electron chi connectivity index (χ0n) is 18.5. The van der Waals surface area contributed by atoms with Gasteiger partial charge in [-0.05, 0) is 17.5 Å². The number of aromatic nitrogens is 6. The van der Waals surface area contributed by atoms with Crippen LogP contribution in [0.2, 0.25) is 5.28 Å². The molecule has 0 saturated heterocycles. The third-order valence-corrected chi connectivity index (χ3v) is 4.95. The lowest BCUT2D eigenvalue weighted by Gasteiger charge is -2.14. The second kappa shape index (κ2) is 8.91. The van der Waals surface area contributed by atoms with Crippen LogP contribution in [0, 0.1) is 5.92 Å². The highest BCUT2D eigenvalue weighted by Crippen LogP contribution is 2.39. The minimum absolute atomic E-state index is 0.134. The molecule has 1 aromatic carbocycles. The van der Waals surface area contributed by atoms with Crippen LogP contribution in [0.5, 0.6) is 17.2 Å². The van der Waals surface area contributed by atoms with E-state index in [1.165, 1.54) is 0 Å². The lowest BCUT2D eigenvalue weighted by Crippen LogP contribution is -2.07. The van der Waals surface area contributed by atoms with Gasteiger partial charge >= 0.3 is 0 Å². The Bertz CT molecular complexity index is 1230.